The number of aromatic hydroxyl groups is 1. The summed E-state index contributed by atoms with van der Waals surface area (Å²) >= 11 is 0. The smallest absolute Gasteiger partial charge is 0.410 e. The number of phenolic OH excluding ortho intramolecular Hbond substituents is 1. The zero-order valence-corrected chi connectivity index (χ0v) is 22.0. The summed E-state index contributed by atoms with van der Waals surface area (Å²) in [6.07, 6.45) is 3.42. The Bertz CT molecular complexity index is 1210. The van der Waals surface area contributed by atoms with Gasteiger partial charge in [0.05, 0.1) is 0 Å². The second-order valence-corrected chi connectivity index (χ2v) is 11.3. The third kappa shape index (κ3) is 5.93. The molecule has 1 heterocycles. The average Bonchev–Trinajstić information content (AvgIpc) is 2.88. The van der Waals surface area contributed by atoms with E-state index in [0.29, 0.717) is 24.8 Å². The highest BCUT2D eigenvalue weighted by Gasteiger charge is 2.32. The van der Waals surface area contributed by atoms with Crippen LogP contribution in [0, 0.1) is 0 Å². The molecule has 1 saturated heterocycles. The summed E-state index contributed by atoms with van der Waals surface area (Å²) in [5.74, 6) is 1.79. The maximum absolute atomic E-state index is 12.4. The maximum atomic E-state index is 12.4. The number of aryl methyl sites for hydroxylation is 1. The Morgan fingerprint density at radius 1 is 0.892 bits per heavy atom. The Balaban J connectivity index is 1.29. The number of rotatable bonds is 4. The third-order valence-corrected chi connectivity index (χ3v) is 7.45. The van der Waals surface area contributed by atoms with Crippen LogP contribution in [-0.4, -0.2) is 40.9 Å². The summed E-state index contributed by atoms with van der Waals surface area (Å²) in [7, 11) is 0. The molecule has 0 radical (unpaired) electrons. The molecule has 2 atom stereocenters. The number of carbonyl (C=O) groups is 1. The first-order valence-corrected chi connectivity index (χ1v) is 13.4. The summed E-state index contributed by atoms with van der Waals surface area (Å²) in [6, 6.07) is 25.1. The summed E-state index contributed by atoms with van der Waals surface area (Å²) < 4.78 is 11.8. The second-order valence-electron chi connectivity index (χ2n) is 11.3. The third-order valence-electron chi connectivity index (χ3n) is 7.45. The molecule has 5 nitrogen and oxygen atoms in total. The first kappa shape index (κ1) is 25.2. The number of nitrogens with zero attached hydrogens (tertiary/aromatic N) is 1. The molecule has 0 unspecified atom stereocenters. The molecule has 1 fully saturated rings. The van der Waals surface area contributed by atoms with Gasteiger partial charge in [0.15, 0.2) is 0 Å². The van der Waals surface area contributed by atoms with E-state index in [2.05, 4.69) is 60.7 Å². The van der Waals surface area contributed by atoms with Gasteiger partial charge < -0.3 is 19.5 Å². The van der Waals surface area contributed by atoms with Crippen LogP contribution in [0.5, 0.6) is 11.5 Å². The maximum Gasteiger partial charge on any atom is 0.410 e. The van der Waals surface area contributed by atoms with Gasteiger partial charge in [-0.1, -0.05) is 48.5 Å². The molecule has 1 aliphatic carbocycles. The Labute approximate surface area is 220 Å². The Kier molecular flexibility index (Phi) is 7.14. The van der Waals surface area contributed by atoms with Crippen LogP contribution in [0.25, 0.3) is 0 Å². The number of benzene rings is 3. The molecular formula is C32H37NO4. The van der Waals surface area contributed by atoms with Crippen molar-refractivity contribution < 1.29 is 19.4 Å². The average molecular weight is 500 g/mol. The molecule has 3 aromatic rings. The molecule has 0 aromatic heterocycles. The molecule has 37 heavy (non-hydrogen) atoms. The first-order valence-electron chi connectivity index (χ1n) is 13.4. The van der Waals surface area contributed by atoms with Crippen molar-refractivity contribution in [3.8, 4) is 11.5 Å². The monoisotopic (exact) mass is 499 g/mol. The van der Waals surface area contributed by atoms with Gasteiger partial charge >= 0.3 is 6.09 Å². The molecule has 0 bridgehead atoms. The molecule has 1 amide bonds. The molecule has 2 aliphatic rings. The lowest BCUT2D eigenvalue weighted by Crippen LogP contribution is -2.44. The van der Waals surface area contributed by atoms with E-state index in [9.17, 15) is 9.90 Å². The van der Waals surface area contributed by atoms with E-state index in [0.717, 1.165) is 31.4 Å². The molecule has 0 saturated carbocycles. The van der Waals surface area contributed by atoms with Gasteiger partial charge in [-0.25, -0.2) is 4.79 Å². The fraction of sp³-hybridized carbons (Fsp3) is 0.406. The number of ether oxygens (including phenoxy) is 2. The zero-order valence-electron chi connectivity index (χ0n) is 22.0. The lowest BCUT2D eigenvalue weighted by atomic mass is 9.69. The van der Waals surface area contributed by atoms with Crippen molar-refractivity contribution in [1.29, 1.82) is 0 Å². The van der Waals surface area contributed by atoms with Gasteiger partial charge in [-0.3, -0.25) is 0 Å². The fourth-order valence-corrected chi connectivity index (χ4v) is 5.71. The van der Waals surface area contributed by atoms with E-state index >= 15 is 0 Å². The SMILES string of the molecule is CC(C)(C)OC(=O)N1CCC(Oc2ccc([C@@H]3c4ccc(O)cc4CC[C@@H]3c3ccccc3)cc2)CC1. The highest BCUT2D eigenvalue weighted by molar-refractivity contribution is 5.68. The topological polar surface area (TPSA) is 59.0 Å². The van der Waals surface area contributed by atoms with Crippen molar-refractivity contribution in [2.75, 3.05) is 13.1 Å². The second kappa shape index (κ2) is 10.5. The van der Waals surface area contributed by atoms with Crippen molar-refractivity contribution in [3.63, 3.8) is 0 Å². The minimum atomic E-state index is -0.481. The lowest BCUT2D eigenvalue weighted by molar-refractivity contribution is 0.0126. The van der Waals surface area contributed by atoms with E-state index < -0.39 is 5.60 Å². The van der Waals surface area contributed by atoms with Crippen molar-refractivity contribution in [1.82, 2.24) is 4.90 Å². The lowest BCUT2D eigenvalue weighted by Gasteiger charge is -2.35. The van der Waals surface area contributed by atoms with E-state index in [1.54, 1.807) is 11.0 Å². The van der Waals surface area contributed by atoms with Gasteiger partial charge in [0.1, 0.15) is 23.2 Å². The Morgan fingerprint density at radius 3 is 2.27 bits per heavy atom. The van der Waals surface area contributed by atoms with Gasteiger partial charge in [0.2, 0.25) is 0 Å². The Hall–Kier alpha value is -3.47. The summed E-state index contributed by atoms with van der Waals surface area (Å²) in [5.41, 5.74) is 4.65. The number of likely N-dealkylation sites (tertiary alicyclic amines) is 1. The van der Waals surface area contributed by atoms with Crippen LogP contribution in [0.4, 0.5) is 4.79 Å². The molecule has 1 aliphatic heterocycles. The fourth-order valence-electron chi connectivity index (χ4n) is 5.71. The number of amides is 1. The van der Waals surface area contributed by atoms with Gasteiger partial charge in [0, 0.05) is 31.8 Å². The minimum absolute atomic E-state index is 0.0833. The molecule has 0 spiro atoms. The highest BCUT2D eigenvalue weighted by atomic mass is 16.6. The van der Waals surface area contributed by atoms with E-state index in [1.807, 2.05) is 26.8 Å². The molecular weight excluding hydrogens is 462 g/mol. The van der Waals surface area contributed by atoms with Crippen LogP contribution in [-0.2, 0) is 11.2 Å². The number of hydrogen-bond acceptors (Lipinski definition) is 4. The molecule has 194 valence electrons. The molecule has 1 N–H and O–H groups in total. The minimum Gasteiger partial charge on any atom is -0.508 e. The van der Waals surface area contributed by atoms with Crippen molar-refractivity contribution in [3.05, 3.63) is 95.1 Å². The van der Waals surface area contributed by atoms with Crippen LogP contribution in [0.2, 0.25) is 0 Å². The van der Waals surface area contributed by atoms with Gasteiger partial charge in [-0.05, 0) is 86.1 Å². The predicted molar refractivity (Wildman–Crippen MR) is 145 cm³/mol. The summed E-state index contributed by atoms with van der Waals surface area (Å²) in [6.45, 7) is 6.96. The summed E-state index contributed by atoms with van der Waals surface area (Å²) in [4.78, 5) is 14.1. The molecule has 5 rings (SSSR count). The largest absolute Gasteiger partial charge is 0.508 e. The number of piperidine rings is 1. The molecule has 5 heteroatoms. The number of phenols is 1. The zero-order chi connectivity index (χ0) is 26.0. The molecule has 3 aromatic carbocycles. The van der Waals surface area contributed by atoms with Crippen LogP contribution in [0.3, 0.4) is 0 Å². The van der Waals surface area contributed by atoms with Crippen LogP contribution in [0.1, 0.15) is 74.1 Å². The van der Waals surface area contributed by atoms with Crippen LogP contribution in [0.15, 0.2) is 72.8 Å². The van der Waals surface area contributed by atoms with E-state index in [1.165, 1.54) is 22.3 Å². The normalized spacial score (nSPS) is 20.2. The van der Waals surface area contributed by atoms with Crippen molar-refractivity contribution in [2.24, 2.45) is 0 Å². The van der Waals surface area contributed by atoms with Crippen LogP contribution < -0.4 is 4.74 Å². The van der Waals surface area contributed by atoms with Crippen LogP contribution >= 0.6 is 0 Å². The standard InChI is InChI=1S/C32H37NO4/c1-32(2,3)37-31(35)33-19-17-27(18-20-33)36-26-13-9-23(10-14-26)30-28(22-7-5-4-6-8-22)15-11-24-21-25(34)12-16-29(24)30/h4-10,12-14,16,21,27-28,30,34H,11,15,17-20H2,1-3H3/t28-,30+/m1/s1. The quantitative estimate of drug-likeness (QED) is 0.419. The highest BCUT2D eigenvalue weighted by Crippen LogP contribution is 2.47. The number of hydrogen-bond donors (Lipinski definition) is 1. The van der Waals surface area contributed by atoms with Gasteiger partial charge in [0.25, 0.3) is 0 Å². The first-order chi connectivity index (χ1) is 17.8. The number of carbonyl (C=O) groups excluding carboxylic acids is 1. The van der Waals surface area contributed by atoms with Crippen molar-refractivity contribution >= 4 is 6.09 Å². The van der Waals surface area contributed by atoms with Gasteiger partial charge in [-0.15, -0.1) is 0 Å². The van der Waals surface area contributed by atoms with Crippen molar-refractivity contribution in [2.45, 2.75) is 70.0 Å². The predicted octanol–water partition coefficient (Wildman–Crippen LogP) is 7.03. The number of fused-ring (bicyclic) bond motifs is 1. The summed E-state index contributed by atoms with van der Waals surface area (Å²) in [5, 5.41) is 10.1. The van der Waals surface area contributed by atoms with E-state index in [4.69, 9.17) is 9.47 Å². The Morgan fingerprint density at radius 2 is 1.59 bits per heavy atom. The van der Waals surface area contributed by atoms with Gasteiger partial charge in [-0.2, -0.15) is 0 Å². The van der Waals surface area contributed by atoms with E-state index in [-0.39, 0.29) is 18.1 Å².